The number of rotatable bonds is 5. The van der Waals surface area contributed by atoms with E-state index in [1.54, 1.807) is 6.07 Å². The zero-order valence-corrected chi connectivity index (χ0v) is 15.6. The van der Waals surface area contributed by atoms with Gasteiger partial charge in [0.25, 0.3) is 15.9 Å². The molecule has 10 heteroatoms. The molecule has 0 spiro atoms. The van der Waals surface area contributed by atoms with Crippen molar-refractivity contribution in [3.63, 3.8) is 0 Å². The standard InChI is InChI=1S/C16H16N4O4S2/c1-20(2)16-17-13-9-12(7-8-14(13)25-16)26(23,24)19-11-5-3-10(4-6-11)15(21)18-22/h3-9,19,22H,1-2H3,(H,18,21). The van der Waals surface area contributed by atoms with Gasteiger partial charge in [-0.1, -0.05) is 11.3 Å². The average Bonchev–Trinajstić information content (AvgIpc) is 3.05. The Hall–Kier alpha value is -2.69. The molecule has 0 atom stereocenters. The van der Waals surface area contributed by atoms with Gasteiger partial charge in [-0.3, -0.25) is 14.7 Å². The predicted octanol–water partition coefficient (Wildman–Crippen LogP) is 2.28. The third kappa shape index (κ3) is 3.62. The van der Waals surface area contributed by atoms with E-state index in [9.17, 15) is 13.2 Å². The molecule has 136 valence electrons. The van der Waals surface area contributed by atoms with Gasteiger partial charge in [0.05, 0.1) is 15.1 Å². The van der Waals surface area contributed by atoms with Crippen LogP contribution in [0.3, 0.4) is 0 Å². The fraction of sp³-hybridized carbons (Fsp3) is 0.125. The minimum Gasteiger partial charge on any atom is -0.354 e. The second-order valence-corrected chi connectivity index (χ2v) is 8.34. The lowest BCUT2D eigenvalue weighted by atomic mass is 10.2. The highest BCUT2D eigenvalue weighted by Gasteiger charge is 2.17. The maximum atomic E-state index is 12.6. The predicted molar refractivity (Wildman–Crippen MR) is 100 cm³/mol. The minimum absolute atomic E-state index is 0.0952. The molecule has 3 aromatic rings. The average molecular weight is 392 g/mol. The number of nitrogens with one attached hydrogen (secondary N) is 2. The Labute approximate surface area is 154 Å². The van der Waals surface area contributed by atoms with E-state index in [2.05, 4.69) is 9.71 Å². The van der Waals surface area contributed by atoms with Crippen LogP contribution in [0.1, 0.15) is 10.4 Å². The Bertz CT molecular complexity index is 1060. The number of amides is 1. The molecule has 0 aliphatic heterocycles. The molecule has 0 unspecified atom stereocenters. The number of benzene rings is 2. The van der Waals surface area contributed by atoms with Gasteiger partial charge in [-0.2, -0.15) is 0 Å². The summed E-state index contributed by atoms with van der Waals surface area (Å²) in [6, 6.07) is 10.4. The van der Waals surface area contributed by atoms with Crippen LogP contribution < -0.4 is 15.1 Å². The van der Waals surface area contributed by atoms with Gasteiger partial charge in [-0.25, -0.2) is 18.9 Å². The molecule has 1 aromatic heterocycles. The largest absolute Gasteiger partial charge is 0.354 e. The summed E-state index contributed by atoms with van der Waals surface area (Å²) in [6.07, 6.45) is 0. The van der Waals surface area contributed by atoms with Crippen molar-refractivity contribution in [1.29, 1.82) is 0 Å². The normalized spacial score (nSPS) is 11.3. The lowest BCUT2D eigenvalue weighted by Crippen LogP contribution is -2.18. The zero-order chi connectivity index (χ0) is 18.9. The van der Waals surface area contributed by atoms with Gasteiger partial charge < -0.3 is 4.90 Å². The van der Waals surface area contributed by atoms with E-state index in [1.165, 1.54) is 53.2 Å². The van der Waals surface area contributed by atoms with E-state index in [0.29, 0.717) is 11.2 Å². The molecule has 0 fully saturated rings. The number of fused-ring (bicyclic) bond motifs is 1. The van der Waals surface area contributed by atoms with Gasteiger partial charge in [-0.15, -0.1) is 0 Å². The molecule has 3 N–H and O–H groups in total. The molecule has 0 aliphatic rings. The van der Waals surface area contributed by atoms with Gasteiger partial charge in [-0.05, 0) is 42.5 Å². The van der Waals surface area contributed by atoms with Crippen LogP contribution in [0.25, 0.3) is 10.2 Å². The number of aromatic nitrogens is 1. The second-order valence-electron chi connectivity index (χ2n) is 5.64. The topological polar surface area (TPSA) is 112 Å². The van der Waals surface area contributed by atoms with E-state index in [-0.39, 0.29) is 10.5 Å². The molecule has 26 heavy (non-hydrogen) atoms. The first-order valence-electron chi connectivity index (χ1n) is 7.45. The van der Waals surface area contributed by atoms with Crippen LogP contribution in [0.5, 0.6) is 0 Å². The molecule has 0 saturated heterocycles. The third-order valence-electron chi connectivity index (χ3n) is 3.54. The van der Waals surface area contributed by atoms with Crippen LogP contribution in [-0.4, -0.2) is 38.6 Å². The molecule has 1 heterocycles. The fourth-order valence-electron chi connectivity index (χ4n) is 2.22. The first-order valence-corrected chi connectivity index (χ1v) is 9.75. The summed E-state index contributed by atoms with van der Waals surface area (Å²) in [4.78, 5) is 17.7. The van der Waals surface area contributed by atoms with Gasteiger partial charge in [0.15, 0.2) is 5.13 Å². The highest BCUT2D eigenvalue weighted by Crippen LogP contribution is 2.29. The minimum atomic E-state index is -3.80. The zero-order valence-electron chi connectivity index (χ0n) is 13.9. The monoisotopic (exact) mass is 392 g/mol. The fourth-order valence-corrected chi connectivity index (χ4v) is 4.17. The van der Waals surface area contributed by atoms with Crippen LogP contribution in [-0.2, 0) is 10.0 Å². The smallest absolute Gasteiger partial charge is 0.274 e. The molecule has 0 bridgehead atoms. The summed E-state index contributed by atoms with van der Waals surface area (Å²) in [5.74, 6) is -0.676. The van der Waals surface area contributed by atoms with E-state index in [1.807, 2.05) is 19.0 Å². The van der Waals surface area contributed by atoms with Crippen LogP contribution in [0.2, 0.25) is 0 Å². The number of hydrogen-bond donors (Lipinski definition) is 3. The SMILES string of the molecule is CN(C)c1nc2cc(S(=O)(=O)Nc3ccc(C(=O)NO)cc3)ccc2s1. The Kier molecular flexibility index (Phi) is 4.81. The number of hydroxylamine groups is 1. The molecule has 2 aromatic carbocycles. The number of nitrogens with zero attached hydrogens (tertiary/aromatic N) is 2. The van der Waals surface area contributed by atoms with Crippen molar-refractivity contribution in [2.45, 2.75) is 4.90 Å². The highest BCUT2D eigenvalue weighted by molar-refractivity contribution is 7.92. The molecule has 0 saturated carbocycles. The van der Waals surface area contributed by atoms with Gasteiger partial charge in [0.1, 0.15) is 0 Å². The van der Waals surface area contributed by atoms with Crippen LogP contribution in [0, 0.1) is 0 Å². The Morgan fingerprint density at radius 1 is 1.15 bits per heavy atom. The lowest BCUT2D eigenvalue weighted by Gasteiger charge is -2.08. The van der Waals surface area contributed by atoms with Crippen molar-refractivity contribution in [2.75, 3.05) is 23.7 Å². The summed E-state index contributed by atoms with van der Waals surface area (Å²) < 4.78 is 28.5. The highest BCUT2D eigenvalue weighted by atomic mass is 32.2. The van der Waals surface area contributed by atoms with Crippen molar-refractivity contribution in [1.82, 2.24) is 10.5 Å². The molecule has 8 nitrogen and oxygen atoms in total. The molecule has 0 radical (unpaired) electrons. The summed E-state index contributed by atoms with van der Waals surface area (Å²) in [5, 5.41) is 9.39. The molecular formula is C16H16N4O4S2. The van der Waals surface area contributed by atoms with Crippen molar-refractivity contribution < 1.29 is 18.4 Å². The van der Waals surface area contributed by atoms with Gasteiger partial charge in [0, 0.05) is 25.3 Å². The van der Waals surface area contributed by atoms with E-state index in [4.69, 9.17) is 5.21 Å². The van der Waals surface area contributed by atoms with Crippen LogP contribution in [0.4, 0.5) is 10.8 Å². The van der Waals surface area contributed by atoms with Crippen molar-refractivity contribution in [2.24, 2.45) is 0 Å². The number of carbonyl (C=O) groups is 1. The van der Waals surface area contributed by atoms with E-state index >= 15 is 0 Å². The van der Waals surface area contributed by atoms with Crippen LogP contribution in [0.15, 0.2) is 47.4 Å². The number of anilines is 2. The third-order valence-corrected chi connectivity index (χ3v) is 6.12. The second kappa shape index (κ2) is 6.90. The summed E-state index contributed by atoms with van der Waals surface area (Å²) in [6.45, 7) is 0. The first-order chi connectivity index (χ1) is 12.3. The van der Waals surface area contributed by atoms with Crippen molar-refractivity contribution >= 4 is 48.3 Å². The number of hydrogen-bond acceptors (Lipinski definition) is 7. The Morgan fingerprint density at radius 2 is 1.85 bits per heavy atom. The number of sulfonamides is 1. The molecule has 3 rings (SSSR count). The summed E-state index contributed by atoms with van der Waals surface area (Å²) in [5.41, 5.74) is 2.62. The number of carbonyl (C=O) groups excluding carboxylic acids is 1. The summed E-state index contributed by atoms with van der Waals surface area (Å²) >= 11 is 1.48. The quantitative estimate of drug-likeness (QED) is 0.454. The maximum Gasteiger partial charge on any atom is 0.274 e. The maximum absolute atomic E-state index is 12.6. The van der Waals surface area contributed by atoms with Crippen molar-refractivity contribution in [3.8, 4) is 0 Å². The first kappa shape index (κ1) is 18.1. The van der Waals surface area contributed by atoms with Crippen LogP contribution >= 0.6 is 11.3 Å². The summed E-state index contributed by atoms with van der Waals surface area (Å²) in [7, 11) is -0.0580. The van der Waals surface area contributed by atoms with Crippen molar-refractivity contribution in [3.05, 3.63) is 48.0 Å². The lowest BCUT2D eigenvalue weighted by molar-refractivity contribution is 0.0706. The molecular weight excluding hydrogens is 376 g/mol. The molecule has 1 amide bonds. The van der Waals surface area contributed by atoms with Gasteiger partial charge >= 0.3 is 0 Å². The molecule has 0 aliphatic carbocycles. The van der Waals surface area contributed by atoms with E-state index < -0.39 is 15.9 Å². The number of thiazole rings is 1. The Morgan fingerprint density at radius 3 is 2.46 bits per heavy atom. The van der Waals surface area contributed by atoms with E-state index in [0.717, 1.165) is 9.83 Å². The Balaban J connectivity index is 1.87. The van der Waals surface area contributed by atoms with Gasteiger partial charge in [0.2, 0.25) is 0 Å².